The first-order valence-corrected chi connectivity index (χ1v) is 6.01. The second-order valence-corrected chi connectivity index (χ2v) is 5.18. The van der Waals surface area contributed by atoms with Gasteiger partial charge in [0, 0.05) is 19.0 Å². The van der Waals surface area contributed by atoms with Crippen LogP contribution < -0.4 is 0 Å². The van der Waals surface area contributed by atoms with Gasteiger partial charge in [-0.05, 0) is 19.1 Å². The molecular weight excluding hydrogens is 238 g/mol. The number of hydrogen-bond acceptors (Lipinski definition) is 3. The number of hydrogen-bond donors (Lipinski definition) is 1. The number of amides is 1. The van der Waals surface area contributed by atoms with Crippen molar-refractivity contribution in [3.63, 3.8) is 0 Å². The molecule has 1 aromatic carbocycles. The van der Waals surface area contributed by atoms with Gasteiger partial charge >= 0.3 is 5.97 Å². The Hall–Kier alpha value is -1.49. The second-order valence-electron chi connectivity index (χ2n) is 3.79. The van der Waals surface area contributed by atoms with Crippen LogP contribution in [0.15, 0.2) is 29.2 Å². The molecule has 0 bridgehead atoms. The van der Waals surface area contributed by atoms with Gasteiger partial charge in [0.15, 0.2) is 0 Å². The van der Waals surface area contributed by atoms with Gasteiger partial charge in [-0.3, -0.25) is 4.79 Å². The molecule has 1 rings (SSSR count). The fourth-order valence-electron chi connectivity index (χ4n) is 1.35. The second kappa shape index (κ2) is 5.72. The molecule has 1 N–H and O–H groups in total. The van der Waals surface area contributed by atoms with E-state index in [4.69, 9.17) is 5.11 Å². The molecule has 17 heavy (non-hydrogen) atoms. The number of carboxylic acid groups (broad SMARTS) is 1. The van der Waals surface area contributed by atoms with Crippen molar-refractivity contribution >= 4 is 23.6 Å². The summed E-state index contributed by atoms with van der Waals surface area (Å²) in [5, 5.41) is 8.72. The minimum Gasteiger partial charge on any atom is -0.478 e. The Kier molecular flexibility index (Phi) is 4.57. The number of carbonyl (C=O) groups excluding carboxylic acids is 1. The fourth-order valence-corrected chi connectivity index (χ4v) is 2.48. The molecule has 1 amide bonds. The Bertz CT molecular complexity index is 432. The van der Waals surface area contributed by atoms with Gasteiger partial charge in [0.1, 0.15) is 0 Å². The summed E-state index contributed by atoms with van der Waals surface area (Å²) in [6.07, 6.45) is 0. The standard InChI is InChI=1S/C12H15NO3S/c1-8(11(14)13(2)3)17-10-7-5-4-6-9(10)12(15)16/h4-8H,1-3H3,(H,15,16). The maximum atomic E-state index is 11.7. The first-order valence-electron chi connectivity index (χ1n) is 5.13. The zero-order valence-corrected chi connectivity index (χ0v) is 10.8. The molecule has 0 aliphatic heterocycles. The van der Waals surface area contributed by atoms with Crippen molar-refractivity contribution in [1.29, 1.82) is 0 Å². The third-order valence-electron chi connectivity index (χ3n) is 2.21. The monoisotopic (exact) mass is 253 g/mol. The molecule has 1 unspecified atom stereocenters. The third-order valence-corrected chi connectivity index (χ3v) is 3.37. The van der Waals surface area contributed by atoms with Crippen molar-refractivity contribution < 1.29 is 14.7 Å². The predicted molar refractivity (Wildman–Crippen MR) is 67.4 cm³/mol. The van der Waals surface area contributed by atoms with Gasteiger partial charge in [-0.2, -0.15) is 0 Å². The van der Waals surface area contributed by atoms with Gasteiger partial charge < -0.3 is 10.0 Å². The highest BCUT2D eigenvalue weighted by Crippen LogP contribution is 2.27. The molecule has 0 aliphatic carbocycles. The molecule has 0 aliphatic rings. The Balaban J connectivity index is 2.88. The van der Waals surface area contributed by atoms with E-state index in [9.17, 15) is 9.59 Å². The molecule has 0 radical (unpaired) electrons. The Labute approximate surface area is 105 Å². The SMILES string of the molecule is CC(Sc1ccccc1C(=O)O)C(=O)N(C)C. The smallest absolute Gasteiger partial charge is 0.336 e. The predicted octanol–water partition coefficient (Wildman–Crippen LogP) is 1.95. The molecule has 0 spiro atoms. The fraction of sp³-hybridized carbons (Fsp3) is 0.333. The Morgan fingerprint density at radius 3 is 2.41 bits per heavy atom. The van der Waals surface area contributed by atoms with Crippen LogP contribution in [0.25, 0.3) is 0 Å². The first kappa shape index (κ1) is 13.6. The third kappa shape index (κ3) is 3.49. The Morgan fingerprint density at radius 1 is 1.29 bits per heavy atom. The maximum absolute atomic E-state index is 11.7. The lowest BCUT2D eigenvalue weighted by molar-refractivity contribution is -0.127. The van der Waals surface area contributed by atoms with Gasteiger partial charge in [-0.1, -0.05) is 12.1 Å². The van der Waals surface area contributed by atoms with E-state index in [0.29, 0.717) is 4.90 Å². The molecule has 0 aromatic heterocycles. The quantitative estimate of drug-likeness (QED) is 0.833. The van der Waals surface area contributed by atoms with E-state index >= 15 is 0 Å². The largest absolute Gasteiger partial charge is 0.478 e. The molecule has 0 heterocycles. The lowest BCUT2D eigenvalue weighted by Crippen LogP contribution is -2.29. The highest BCUT2D eigenvalue weighted by atomic mass is 32.2. The molecule has 0 fully saturated rings. The number of carboxylic acids is 1. The van der Waals surface area contributed by atoms with Gasteiger partial charge in [0.25, 0.3) is 0 Å². The molecule has 0 saturated heterocycles. The molecule has 92 valence electrons. The Morgan fingerprint density at radius 2 is 1.88 bits per heavy atom. The number of benzene rings is 1. The van der Waals surface area contributed by atoms with Crippen LogP contribution in [-0.2, 0) is 4.79 Å². The summed E-state index contributed by atoms with van der Waals surface area (Å²) in [6.45, 7) is 1.77. The van der Waals surface area contributed by atoms with Crippen molar-refractivity contribution in [3.05, 3.63) is 29.8 Å². The average molecular weight is 253 g/mol. The van der Waals surface area contributed by atoms with Gasteiger partial charge in [-0.15, -0.1) is 11.8 Å². The van der Waals surface area contributed by atoms with Crippen LogP contribution in [0.4, 0.5) is 0 Å². The van der Waals surface area contributed by atoms with E-state index in [-0.39, 0.29) is 16.7 Å². The van der Waals surface area contributed by atoms with E-state index in [1.54, 1.807) is 39.2 Å². The lowest BCUT2D eigenvalue weighted by Gasteiger charge is -2.17. The summed E-state index contributed by atoms with van der Waals surface area (Å²) in [5.41, 5.74) is 0.232. The van der Waals surface area contributed by atoms with Crippen LogP contribution in [0, 0.1) is 0 Å². The highest BCUT2D eigenvalue weighted by Gasteiger charge is 2.19. The van der Waals surface area contributed by atoms with E-state index in [2.05, 4.69) is 0 Å². The topological polar surface area (TPSA) is 57.6 Å². The van der Waals surface area contributed by atoms with Crippen LogP contribution in [0.3, 0.4) is 0 Å². The van der Waals surface area contributed by atoms with Crippen LogP contribution in [-0.4, -0.2) is 41.2 Å². The lowest BCUT2D eigenvalue weighted by atomic mass is 10.2. The van der Waals surface area contributed by atoms with Crippen LogP contribution in [0.1, 0.15) is 17.3 Å². The molecular formula is C12H15NO3S. The number of aromatic carboxylic acids is 1. The molecule has 1 aromatic rings. The van der Waals surface area contributed by atoms with Crippen molar-refractivity contribution in [2.24, 2.45) is 0 Å². The summed E-state index contributed by atoms with van der Waals surface area (Å²) >= 11 is 1.26. The summed E-state index contributed by atoms with van der Waals surface area (Å²) in [4.78, 5) is 24.8. The zero-order chi connectivity index (χ0) is 13.0. The maximum Gasteiger partial charge on any atom is 0.336 e. The molecule has 1 atom stereocenters. The van der Waals surface area contributed by atoms with Crippen molar-refractivity contribution in [2.45, 2.75) is 17.1 Å². The molecule has 0 saturated carbocycles. The minimum atomic E-state index is -0.974. The van der Waals surface area contributed by atoms with Crippen LogP contribution >= 0.6 is 11.8 Å². The van der Waals surface area contributed by atoms with E-state index in [1.807, 2.05) is 0 Å². The van der Waals surface area contributed by atoms with Crippen molar-refractivity contribution in [3.8, 4) is 0 Å². The highest BCUT2D eigenvalue weighted by molar-refractivity contribution is 8.00. The van der Waals surface area contributed by atoms with E-state index < -0.39 is 5.97 Å². The number of nitrogens with zero attached hydrogens (tertiary/aromatic N) is 1. The first-order chi connectivity index (χ1) is 7.93. The van der Waals surface area contributed by atoms with Crippen LogP contribution in [0.5, 0.6) is 0 Å². The summed E-state index contributed by atoms with van der Waals surface area (Å²) < 4.78 is 0. The molecule has 4 nitrogen and oxygen atoms in total. The van der Waals surface area contributed by atoms with Crippen LogP contribution in [0.2, 0.25) is 0 Å². The van der Waals surface area contributed by atoms with E-state index in [1.165, 1.54) is 22.7 Å². The zero-order valence-electron chi connectivity index (χ0n) is 10.0. The van der Waals surface area contributed by atoms with Crippen molar-refractivity contribution in [2.75, 3.05) is 14.1 Å². The summed E-state index contributed by atoms with van der Waals surface area (Å²) in [5.74, 6) is -1.01. The average Bonchev–Trinajstić information content (AvgIpc) is 2.28. The normalized spacial score (nSPS) is 11.9. The minimum absolute atomic E-state index is 0.0322. The summed E-state index contributed by atoms with van der Waals surface area (Å²) in [7, 11) is 3.37. The number of carbonyl (C=O) groups is 2. The van der Waals surface area contributed by atoms with Gasteiger partial charge in [0.2, 0.25) is 5.91 Å². The van der Waals surface area contributed by atoms with Gasteiger partial charge in [-0.25, -0.2) is 4.79 Å². The molecule has 5 heteroatoms. The van der Waals surface area contributed by atoms with E-state index in [0.717, 1.165) is 0 Å². The van der Waals surface area contributed by atoms with Crippen molar-refractivity contribution in [1.82, 2.24) is 4.90 Å². The number of rotatable bonds is 4. The summed E-state index contributed by atoms with van der Waals surface area (Å²) in [6, 6.07) is 6.69. The number of thioether (sulfide) groups is 1. The van der Waals surface area contributed by atoms with Gasteiger partial charge in [0.05, 0.1) is 10.8 Å².